The number of aromatic nitrogens is 6. The highest BCUT2D eigenvalue weighted by Crippen LogP contribution is 2.38. The second kappa shape index (κ2) is 8.65. The summed E-state index contributed by atoms with van der Waals surface area (Å²) in [6.07, 6.45) is -11.4. The molecule has 0 saturated carbocycles. The van der Waals surface area contributed by atoms with Crippen LogP contribution in [0.4, 0.5) is 35.1 Å². The summed E-state index contributed by atoms with van der Waals surface area (Å²) in [7, 11) is 2.61. The Bertz CT molecular complexity index is 1330. The van der Waals surface area contributed by atoms with E-state index in [4.69, 9.17) is 0 Å². The number of aliphatic hydroxyl groups is 1. The van der Waals surface area contributed by atoms with Crippen molar-refractivity contribution >= 4 is 0 Å². The fraction of sp³-hybridized carbons (Fsp3) is 0.238. The van der Waals surface area contributed by atoms with Gasteiger partial charge in [0.2, 0.25) is 0 Å². The maximum absolute atomic E-state index is 14.6. The number of hydrogen-bond acceptors (Lipinski definition) is 5. The van der Waals surface area contributed by atoms with Gasteiger partial charge in [0.15, 0.2) is 0 Å². The number of rotatable bonds is 4. The Labute approximate surface area is 196 Å². The van der Waals surface area contributed by atoms with Crippen LogP contribution in [0.3, 0.4) is 0 Å². The molecule has 7 nitrogen and oxygen atoms in total. The van der Waals surface area contributed by atoms with Gasteiger partial charge in [-0.25, -0.2) is 18.1 Å². The molecule has 0 atom stereocenters. The van der Waals surface area contributed by atoms with Gasteiger partial charge in [0.1, 0.15) is 40.5 Å². The average Bonchev–Trinajstić information content (AvgIpc) is 3.34. The van der Waals surface area contributed by atoms with Crippen molar-refractivity contribution in [3.63, 3.8) is 0 Å². The Morgan fingerprint density at radius 3 is 1.36 bits per heavy atom. The Morgan fingerprint density at radius 2 is 1.06 bits per heavy atom. The van der Waals surface area contributed by atoms with Gasteiger partial charge in [0.05, 0.1) is 11.1 Å². The van der Waals surface area contributed by atoms with Crippen LogP contribution >= 0.6 is 0 Å². The van der Waals surface area contributed by atoms with Crippen molar-refractivity contribution in [2.45, 2.75) is 18.5 Å². The van der Waals surface area contributed by atoms with Crippen LogP contribution in [-0.2, 0) is 26.4 Å². The summed E-state index contributed by atoms with van der Waals surface area (Å²) in [6.45, 7) is 0. The first-order valence-electron chi connectivity index (χ1n) is 9.91. The standard InChI is InChI=1S/C21H14F8N6O/c1-34-17(15(30-32-34)11-5-3-9(7-13(11)22)20(24,25)26)19(36)18-16(31-33-35(18)2)12-6-4-10(8-14(12)23)21(27,28)29/h3-8,19,36H,1-2H3. The molecule has 2 heterocycles. The molecule has 0 aliphatic heterocycles. The zero-order chi connectivity index (χ0) is 26.6. The number of benzene rings is 2. The topological polar surface area (TPSA) is 81.7 Å². The molecule has 0 amide bonds. The molecular formula is C21H14F8N6O. The molecule has 2 aromatic heterocycles. The predicted octanol–water partition coefficient (Wildman–Crippen LogP) is 4.68. The first-order chi connectivity index (χ1) is 16.7. The summed E-state index contributed by atoms with van der Waals surface area (Å²) >= 11 is 0. The molecular weight excluding hydrogens is 504 g/mol. The van der Waals surface area contributed by atoms with Crippen LogP contribution in [-0.4, -0.2) is 35.1 Å². The molecule has 2 aromatic carbocycles. The molecule has 0 spiro atoms. The molecule has 15 heteroatoms. The van der Waals surface area contributed by atoms with Gasteiger partial charge in [-0.3, -0.25) is 0 Å². The van der Waals surface area contributed by atoms with Gasteiger partial charge in [0, 0.05) is 25.2 Å². The van der Waals surface area contributed by atoms with E-state index >= 15 is 0 Å². The van der Waals surface area contributed by atoms with Crippen LogP contribution in [0.25, 0.3) is 22.5 Å². The van der Waals surface area contributed by atoms with E-state index in [-0.39, 0.29) is 34.9 Å². The third-order valence-corrected chi connectivity index (χ3v) is 5.36. The minimum atomic E-state index is -4.80. The number of aryl methyl sites for hydroxylation is 2. The highest BCUT2D eigenvalue weighted by Gasteiger charge is 2.35. The number of nitrogens with zero attached hydrogens (tertiary/aromatic N) is 6. The summed E-state index contributed by atoms with van der Waals surface area (Å²) in [6, 6.07) is 3.39. The molecule has 0 radical (unpaired) electrons. The van der Waals surface area contributed by atoms with E-state index in [2.05, 4.69) is 20.6 Å². The van der Waals surface area contributed by atoms with Crippen molar-refractivity contribution in [1.29, 1.82) is 0 Å². The lowest BCUT2D eigenvalue weighted by Gasteiger charge is -2.15. The number of halogens is 8. The van der Waals surface area contributed by atoms with E-state index in [1.165, 1.54) is 14.1 Å². The molecule has 36 heavy (non-hydrogen) atoms. The fourth-order valence-electron chi connectivity index (χ4n) is 3.62. The molecule has 4 aromatic rings. The number of alkyl halides is 6. The molecule has 0 aliphatic carbocycles. The highest BCUT2D eigenvalue weighted by molar-refractivity contribution is 5.67. The third kappa shape index (κ3) is 4.41. The fourth-order valence-corrected chi connectivity index (χ4v) is 3.62. The second-order valence-corrected chi connectivity index (χ2v) is 7.68. The van der Waals surface area contributed by atoms with E-state index < -0.39 is 52.3 Å². The lowest BCUT2D eigenvalue weighted by molar-refractivity contribution is -0.138. The molecule has 4 rings (SSSR count). The summed E-state index contributed by atoms with van der Waals surface area (Å²) in [4.78, 5) is 0. The predicted molar refractivity (Wildman–Crippen MR) is 107 cm³/mol. The Morgan fingerprint density at radius 1 is 0.694 bits per heavy atom. The van der Waals surface area contributed by atoms with Crippen molar-refractivity contribution in [1.82, 2.24) is 30.0 Å². The van der Waals surface area contributed by atoms with Gasteiger partial charge in [0.25, 0.3) is 0 Å². The SMILES string of the molecule is Cn1nnc(-c2ccc(C(F)(F)F)cc2F)c1C(O)c1c(-c2ccc(C(F)(F)F)cc2F)nnn1C. The molecule has 0 unspecified atom stereocenters. The Kier molecular flexibility index (Phi) is 6.06. The molecule has 0 aliphatic rings. The molecule has 0 saturated heterocycles. The van der Waals surface area contributed by atoms with Crippen LogP contribution in [0.5, 0.6) is 0 Å². The summed E-state index contributed by atoms with van der Waals surface area (Å²) in [5.41, 5.74) is -4.39. The molecule has 190 valence electrons. The monoisotopic (exact) mass is 518 g/mol. The van der Waals surface area contributed by atoms with Crippen molar-refractivity contribution in [2.75, 3.05) is 0 Å². The van der Waals surface area contributed by atoms with Crippen molar-refractivity contribution in [3.05, 3.63) is 70.5 Å². The van der Waals surface area contributed by atoms with E-state index in [9.17, 15) is 40.2 Å². The summed E-state index contributed by atoms with van der Waals surface area (Å²) < 4.78 is 109. The first kappa shape index (κ1) is 25.2. The number of hydrogen-bond donors (Lipinski definition) is 1. The highest BCUT2D eigenvalue weighted by atomic mass is 19.4. The number of aliphatic hydroxyl groups excluding tert-OH is 1. The van der Waals surface area contributed by atoms with Gasteiger partial charge in [-0.2, -0.15) is 26.3 Å². The van der Waals surface area contributed by atoms with Crippen LogP contribution in [0.2, 0.25) is 0 Å². The van der Waals surface area contributed by atoms with Crippen LogP contribution < -0.4 is 0 Å². The normalized spacial score (nSPS) is 12.6. The molecule has 0 fully saturated rings. The van der Waals surface area contributed by atoms with Crippen LogP contribution in [0.1, 0.15) is 28.6 Å². The summed E-state index contributed by atoms with van der Waals surface area (Å²) in [5, 5.41) is 26.0. The van der Waals surface area contributed by atoms with Gasteiger partial charge < -0.3 is 5.11 Å². The lowest BCUT2D eigenvalue weighted by atomic mass is 9.99. The van der Waals surface area contributed by atoms with E-state index in [0.717, 1.165) is 21.5 Å². The first-order valence-corrected chi connectivity index (χ1v) is 9.91. The van der Waals surface area contributed by atoms with Crippen LogP contribution in [0, 0.1) is 11.6 Å². The van der Waals surface area contributed by atoms with Crippen LogP contribution in [0.15, 0.2) is 36.4 Å². The smallest absolute Gasteiger partial charge is 0.380 e. The average molecular weight is 518 g/mol. The zero-order valence-corrected chi connectivity index (χ0v) is 18.2. The quantitative estimate of drug-likeness (QED) is 0.397. The summed E-state index contributed by atoms with van der Waals surface area (Å²) in [5.74, 6) is -2.59. The third-order valence-electron chi connectivity index (χ3n) is 5.36. The van der Waals surface area contributed by atoms with Gasteiger partial charge in [-0.05, 0) is 36.4 Å². The second-order valence-electron chi connectivity index (χ2n) is 7.68. The lowest BCUT2D eigenvalue weighted by Crippen LogP contribution is -2.13. The largest absolute Gasteiger partial charge is 0.416 e. The van der Waals surface area contributed by atoms with Crippen molar-refractivity contribution in [2.24, 2.45) is 14.1 Å². The van der Waals surface area contributed by atoms with E-state index in [1.807, 2.05) is 0 Å². The molecule has 1 N–H and O–H groups in total. The molecule has 0 bridgehead atoms. The van der Waals surface area contributed by atoms with Crippen molar-refractivity contribution < 1.29 is 40.2 Å². The van der Waals surface area contributed by atoms with Gasteiger partial charge in [-0.1, -0.05) is 10.4 Å². The van der Waals surface area contributed by atoms with Gasteiger partial charge >= 0.3 is 12.4 Å². The zero-order valence-electron chi connectivity index (χ0n) is 18.2. The maximum Gasteiger partial charge on any atom is 0.416 e. The minimum Gasteiger partial charge on any atom is -0.380 e. The van der Waals surface area contributed by atoms with E-state index in [0.29, 0.717) is 12.1 Å². The van der Waals surface area contributed by atoms with E-state index in [1.54, 1.807) is 0 Å². The minimum absolute atomic E-state index is 0.215. The Balaban J connectivity index is 1.82. The Hall–Kier alpha value is -3.88. The van der Waals surface area contributed by atoms with Crippen molar-refractivity contribution in [3.8, 4) is 22.5 Å². The van der Waals surface area contributed by atoms with Gasteiger partial charge in [-0.15, -0.1) is 10.2 Å². The maximum atomic E-state index is 14.6.